The van der Waals surface area contributed by atoms with Gasteiger partial charge in [-0.15, -0.1) is 0 Å². The third-order valence-electron chi connectivity index (χ3n) is 5.76. The first-order chi connectivity index (χ1) is 18.0. The number of hydrogen-bond acceptors (Lipinski definition) is 7. The monoisotopic (exact) mass is 530 g/mol. The minimum Gasteiger partial charge on any atom is -0.481 e. The summed E-state index contributed by atoms with van der Waals surface area (Å²) in [5, 5.41) is 25.9. The van der Waals surface area contributed by atoms with Gasteiger partial charge in [-0.25, -0.2) is 9.78 Å². The largest absolute Gasteiger partial charge is 0.481 e. The molecule has 13 nitrogen and oxygen atoms in total. The van der Waals surface area contributed by atoms with E-state index in [-0.39, 0.29) is 19.3 Å². The second-order valence-corrected chi connectivity index (χ2v) is 9.20. The molecule has 38 heavy (non-hydrogen) atoms. The molecule has 0 saturated heterocycles. The van der Waals surface area contributed by atoms with Gasteiger partial charge in [-0.1, -0.05) is 44.2 Å². The van der Waals surface area contributed by atoms with Crippen molar-refractivity contribution in [2.24, 2.45) is 11.7 Å². The number of carbonyl (C=O) groups is 5. The highest BCUT2D eigenvalue weighted by Crippen LogP contribution is 2.08. The molecular formula is C25H34N6O7. The lowest BCUT2D eigenvalue weighted by molar-refractivity contribution is -0.144. The second-order valence-electron chi connectivity index (χ2n) is 9.20. The lowest BCUT2D eigenvalue weighted by atomic mass is 10.0. The standard InChI is InChI=1S/C25H34N6O7/c1-14(2)21(25(37)38)31-23(35)18(8-9-20(32)33)29-24(36)19(11-16-12-27-13-28-16)30-22(34)17(26)10-15-6-4-3-5-7-15/h3-7,12-14,17-19,21H,8-11,26H2,1-2H3,(H,27,28)(H,29,36)(H,30,34)(H,31,35)(H,32,33)(H,37,38). The summed E-state index contributed by atoms with van der Waals surface area (Å²) in [6.45, 7) is 3.19. The average molecular weight is 531 g/mol. The Bertz CT molecular complexity index is 1090. The second kappa shape index (κ2) is 14.5. The molecule has 0 aliphatic carbocycles. The number of imidazole rings is 1. The molecule has 206 valence electrons. The molecule has 2 rings (SSSR count). The zero-order valence-corrected chi connectivity index (χ0v) is 21.2. The fraction of sp³-hybridized carbons (Fsp3) is 0.440. The number of aromatic nitrogens is 2. The third-order valence-corrected chi connectivity index (χ3v) is 5.76. The van der Waals surface area contributed by atoms with E-state index in [1.165, 1.54) is 12.5 Å². The summed E-state index contributed by atoms with van der Waals surface area (Å²) in [6.07, 6.45) is 2.30. The molecule has 0 bridgehead atoms. The first kappa shape index (κ1) is 30.0. The van der Waals surface area contributed by atoms with E-state index >= 15 is 0 Å². The van der Waals surface area contributed by atoms with E-state index < -0.39 is 66.2 Å². The van der Waals surface area contributed by atoms with Gasteiger partial charge in [-0.05, 0) is 24.3 Å². The predicted octanol–water partition coefficient (Wildman–Crippen LogP) is -0.418. The van der Waals surface area contributed by atoms with Crippen LogP contribution in [0.5, 0.6) is 0 Å². The molecule has 0 radical (unpaired) electrons. The van der Waals surface area contributed by atoms with E-state index in [1.807, 2.05) is 30.3 Å². The molecule has 3 amide bonds. The van der Waals surface area contributed by atoms with Crippen molar-refractivity contribution in [1.82, 2.24) is 25.9 Å². The van der Waals surface area contributed by atoms with Crippen LogP contribution in [-0.2, 0) is 36.8 Å². The van der Waals surface area contributed by atoms with Crippen molar-refractivity contribution in [3.8, 4) is 0 Å². The van der Waals surface area contributed by atoms with E-state index in [1.54, 1.807) is 13.8 Å². The average Bonchev–Trinajstić information content (AvgIpc) is 3.37. The van der Waals surface area contributed by atoms with Crippen LogP contribution in [-0.4, -0.2) is 74.0 Å². The minimum atomic E-state index is -1.36. The van der Waals surface area contributed by atoms with E-state index in [9.17, 15) is 29.1 Å². The molecule has 0 aliphatic rings. The number of carboxylic acid groups (broad SMARTS) is 2. The van der Waals surface area contributed by atoms with Crippen molar-refractivity contribution in [2.45, 2.75) is 63.7 Å². The Hall–Kier alpha value is -4.26. The van der Waals surface area contributed by atoms with Crippen molar-refractivity contribution >= 4 is 29.7 Å². The summed E-state index contributed by atoms with van der Waals surface area (Å²) in [6, 6.07) is 4.31. The van der Waals surface area contributed by atoms with Crippen LogP contribution in [0.15, 0.2) is 42.9 Å². The quantitative estimate of drug-likeness (QED) is 0.159. The summed E-state index contributed by atoms with van der Waals surface area (Å²) in [5.74, 6) is -5.18. The number of H-pyrrole nitrogens is 1. The number of nitrogens with zero attached hydrogens (tertiary/aromatic N) is 1. The lowest BCUT2D eigenvalue weighted by Crippen LogP contribution is -2.58. The highest BCUT2D eigenvalue weighted by molar-refractivity contribution is 5.94. The first-order valence-corrected chi connectivity index (χ1v) is 12.1. The predicted molar refractivity (Wildman–Crippen MR) is 136 cm³/mol. The van der Waals surface area contributed by atoms with Crippen LogP contribution >= 0.6 is 0 Å². The van der Waals surface area contributed by atoms with E-state index in [4.69, 9.17) is 10.8 Å². The van der Waals surface area contributed by atoms with Crippen LogP contribution in [0, 0.1) is 5.92 Å². The van der Waals surface area contributed by atoms with Crippen molar-refractivity contribution in [3.63, 3.8) is 0 Å². The summed E-state index contributed by atoms with van der Waals surface area (Å²) < 4.78 is 0. The van der Waals surface area contributed by atoms with Crippen LogP contribution in [0.3, 0.4) is 0 Å². The number of carboxylic acids is 2. The fourth-order valence-corrected chi connectivity index (χ4v) is 3.64. The molecule has 1 aromatic heterocycles. The lowest BCUT2D eigenvalue weighted by Gasteiger charge is -2.25. The maximum absolute atomic E-state index is 13.3. The highest BCUT2D eigenvalue weighted by Gasteiger charge is 2.32. The molecule has 13 heteroatoms. The number of hydrogen-bond donors (Lipinski definition) is 7. The molecule has 0 fully saturated rings. The van der Waals surface area contributed by atoms with Crippen LogP contribution in [0.25, 0.3) is 0 Å². The number of nitrogens with one attached hydrogen (secondary N) is 4. The number of amides is 3. The zero-order chi connectivity index (χ0) is 28.2. The smallest absolute Gasteiger partial charge is 0.326 e. The summed E-state index contributed by atoms with van der Waals surface area (Å²) in [7, 11) is 0. The summed E-state index contributed by atoms with van der Waals surface area (Å²) in [5.41, 5.74) is 7.40. The van der Waals surface area contributed by atoms with E-state index in [2.05, 4.69) is 25.9 Å². The number of carbonyl (C=O) groups excluding carboxylic acids is 3. The van der Waals surface area contributed by atoms with Crippen molar-refractivity contribution in [2.75, 3.05) is 0 Å². The molecular weight excluding hydrogens is 496 g/mol. The Balaban J connectivity index is 2.19. The highest BCUT2D eigenvalue weighted by atomic mass is 16.4. The Kier molecular flexibility index (Phi) is 11.4. The number of aliphatic carboxylic acids is 2. The van der Waals surface area contributed by atoms with Gasteiger partial charge in [0.2, 0.25) is 17.7 Å². The van der Waals surface area contributed by atoms with E-state index in [0.29, 0.717) is 5.69 Å². The Morgan fingerprint density at radius 2 is 1.55 bits per heavy atom. The normalized spacial score (nSPS) is 14.1. The molecule has 4 atom stereocenters. The molecule has 2 aromatic rings. The Morgan fingerprint density at radius 1 is 0.921 bits per heavy atom. The molecule has 0 spiro atoms. The summed E-state index contributed by atoms with van der Waals surface area (Å²) in [4.78, 5) is 68.4. The zero-order valence-electron chi connectivity index (χ0n) is 21.2. The maximum atomic E-state index is 13.3. The Labute approximate surface area is 219 Å². The molecule has 8 N–H and O–H groups in total. The van der Waals surface area contributed by atoms with Gasteiger partial charge < -0.3 is 36.9 Å². The molecule has 0 saturated carbocycles. The summed E-state index contributed by atoms with van der Waals surface area (Å²) >= 11 is 0. The van der Waals surface area contributed by atoms with E-state index in [0.717, 1.165) is 5.56 Å². The van der Waals surface area contributed by atoms with Gasteiger partial charge in [0, 0.05) is 24.7 Å². The van der Waals surface area contributed by atoms with Gasteiger partial charge in [-0.2, -0.15) is 0 Å². The third kappa shape index (κ3) is 9.65. The van der Waals surface area contributed by atoms with Gasteiger partial charge in [0.1, 0.15) is 18.1 Å². The number of aromatic amines is 1. The van der Waals surface area contributed by atoms with Gasteiger partial charge in [-0.3, -0.25) is 19.2 Å². The van der Waals surface area contributed by atoms with Crippen LogP contribution < -0.4 is 21.7 Å². The first-order valence-electron chi connectivity index (χ1n) is 12.1. The Morgan fingerprint density at radius 3 is 2.11 bits per heavy atom. The molecule has 1 aromatic carbocycles. The number of rotatable bonds is 15. The molecule has 4 unspecified atom stereocenters. The maximum Gasteiger partial charge on any atom is 0.326 e. The number of nitrogens with two attached hydrogens (primary N) is 1. The van der Waals surface area contributed by atoms with Crippen molar-refractivity contribution in [3.05, 3.63) is 54.1 Å². The van der Waals surface area contributed by atoms with Gasteiger partial charge >= 0.3 is 11.9 Å². The van der Waals surface area contributed by atoms with Crippen LogP contribution in [0.2, 0.25) is 0 Å². The van der Waals surface area contributed by atoms with Crippen molar-refractivity contribution in [1.29, 1.82) is 0 Å². The fourth-order valence-electron chi connectivity index (χ4n) is 3.64. The topological polar surface area (TPSA) is 217 Å². The minimum absolute atomic E-state index is 0.0212. The SMILES string of the molecule is CC(C)C(NC(=O)C(CCC(=O)O)NC(=O)C(Cc1cnc[nH]1)NC(=O)C(N)Cc1ccccc1)C(=O)O. The van der Waals surface area contributed by atoms with Crippen molar-refractivity contribution < 1.29 is 34.2 Å². The van der Waals surface area contributed by atoms with Crippen LogP contribution in [0.1, 0.15) is 37.9 Å². The van der Waals surface area contributed by atoms with Gasteiger partial charge in [0.15, 0.2) is 0 Å². The van der Waals surface area contributed by atoms with Crippen LogP contribution in [0.4, 0.5) is 0 Å². The molecule has 0 aliphatic heterocycles. The van der Waals surface area contributed by atoms with Gasteiger partial charge in [0.25, 0.3) is 0 Å². The molecule has 1 heterocycles. The number of benzene rings is 1. The van der Waals surface area contributed by atoms with Gasteiger partial charge in [0.05, 0.1) is 12.4 Å².